The molecular weight excluding hydrogens is 348 g/mol. The summed E-state index contributed by atoms with van der Waals surface area (Å²) in [6.45, 7) is 2.80. The molecule has 4 heteroatoms. The van der Waals surface area contributed by atoms with Crippen LogP contribution in [0.2, 0.25) is 0 Å². The molecule has 1 aromatic heterocycles. The number of rotatable bonds is 5. The van der Waals surface area contributed by atoms with Crippen LogP contribution in [-0.2, 0) is 12.8 Å². The first kappa shape index (κ1) is 18.2. The number of pyridine rings is 1. The number of carbonyl (C=O) groups excluding carboxylic acids is 1. The number of hydrogen-bond acceptors (Lipinski definition) is 3. The molecule has 0 spiro atoms. The van der Waals surface area contributed by atoms with E-state index in [0.29, 0.717) is 5.56 Å². The quantitative estimate of drug-likeness (QED) is 0.667. The Morgan fingerprint density at radius 1 is 1.11 bits per heavy atom. The van der Waals surface area contributed by atoms with E-state index >= 15 is 0 Å². The predicted molar refractivity (Wildman–Crippen MR) is 111 cm³/mol. The smallest absolute Gasteiger partial charge is 0.253 e. The molecule has 0 saturated heterocycles. The molecule has 0 fully saturated rings. The van der Waals surface area contributed by atoms with Gasteiger partial charge in [0.15, 0.2) is 0 Å². The van der Waals surface area contributed by atoms with E-state index in [2.05, 4.69) is 24.0 Å². The lowest BCUT2D eigenvalue weighted by molar-refractivity contribution is 0.0743. The van der Waals surface area contributed by atoms with Gasteiger partial charge in [0.25, 0.3) is 5.91 Å². The van der Waals surface area contributed by atoms with Crippen LogP contribution in [0, 0.1) is 0 Å². The Hall–Kier alpha value is -3.14. The van der Waals surface area contributed by atoms with Crippen LogP contribution in [0.3, 0.4) is 0 Å². The molecule has 4 rings (SSSR count). The maximum Gasteiger partial charge on any atom is 0.253 e. The van der Waals surface area contributed by atoms with Gasteiger partial charge in [0.05, 0.1) is 6.61 Å². The highest BCUT2D eigenvalue weighted by Crippen LogP contribution is 2.31. The van der Waals surface area contributed by atoms with E-state index < -0.39 is 0 Å². The minimum atomic E-state index is 0.0229. The van der Waals surface area contributed by atoms with Crippen molar-refractivity contribution in [2.24, 2.45) is 0 Å². The molecule has 1 atom stereocenters. The molecule has 0 saturated carbocycles. The zero-order valence-electron chi connectivity index (χ0n) is 16.3. The van der Waals surface area contributed by atoms with Gasteiger partial charge in [-0.15, -0.1) is 0 Å². The molecule has 3 aromatic rings. The molecule has 1 aliphatic rings. The molecule has 0 N–H and O–H groups in total. The molecular formula is C24H24N2O2. The molecule has 1 aliphatic heterocycles. The van der Waals surface area contributed by atoms with Crippen molar-refractivity contribution >= 4 is 5.91 Å². The minimum Gasteiger partial charge on any atom is -0.493 e. The van der Waals surface area contributed by atoms with Gasteiger partial charge in [0.2, 0.25) is 0 Å². The fraction of sp³-hybridized carbons (Fsp3) is 0.250. The van der Waals surface area contributed by atoms with E-state index in [1.54, 1.807) is 11.1 Å². The number of carbonyl (C=O) groups is 1. The highest BCUT2D eigenvalue weighted by molar-refractivity contribution is 5.95. The number of amides is 1. The normalized spacial score (nSPS) is 13.5. The van der Waals surface area contributed by atoms with E-state index in [4.69, 9.17) is 4.74 Å². The van der Waals surface area contributed by atoms with Crippen LogP contribution in [0.15, 0.2) is 66.9 Å². The molecule has 142 valence electrons. The van der Waals surface area contributed by atoms with Gasteiger partial charge in [-0.2, -0.15) is 0 Å². The maximum atomic E-state index is 13.0. The fourth-order valence-corrected chi connectivity index (χ4v) is 3.56. The van der Waals surface area contributed by atoms with Crippen LogP contribution < -0.4 is 4.74 Å². The number of aromatic nitrogens is 1. The van der Waals surface area contributed by atoms with Gasteiger partial charge in [0.1, 0.15) is 5.75 Å². The summed E-state index contributed by atoms with van der Waals surface area (Å²) in [6.07, 6.45) is 3.46. The number of nitrogens with zero attached hydrogens (tertiary/aromatic N) is 2. The Labute approximate surface area is 165 Å². The standard InChI is InChI=1S/C24H24N2O2/c1-17(14-22-8-3-4-12-25-22)26(2)24(27)21-7-5-6-18(16-21)19-9-10-23-20(15-19)11-13-28-23/h3-10,12,15-17H,11,13-14H2,1-2H3. The van der Waals surface area contributed by atoms with Crippen LogP contribution in [0.5, 0.6) is 5.75 Å². The predicted octanol–water partition coefficient (Wildman–Crippen LogP) is 4.39. The summed E-state index contributed by atoms with van der Waals surface area (Å²) in [6, 6.07) is 20.0. The van der Waals surface area contributed by atoms with Gasteiger partial charge in [-0.1, -0.05) is 24.3 Å². The largest absolute Gasteiger partial charge is 0.493 e. The summed E-state index contributed by atoms with van der Waals surface area (Å²) in [4.78, 5) is 19.2. The Bertz CT molecular complexity index is 985. The van der Waals surface area contributed by atoms with Crippen molar-refractivity contribution < 1.29 is 9.53 Å². The maximum absolute atomic E-state index is 13.0. The second-order valence-corrected chi connectivity index (χ2v) is 7.29. The number of ether oxygens (including phenoxy) is 1. The summed E-state index contributed by atoms with van der Waals surface area (Å²) in [5, 5.41) is 0. The van der Waals surface area contributed by atoms with E-state index in [1.807, 2.05) is 55.6 Å². The summed E-state index contributed by atoms with van der Waals surface area (Å²) in [5.74, 6) is 0.994. The molecule has 0 bridgehead atoms. The molecule has 2 aromatic carbocycles. The Morgan fingerprint density at radius 3 is 2.79 bits per heavy atom. The van der Waals surface area contributed by atoms with Gasteiger partial charge in [-0.3, -0.25) is 9.78 Å². The van der Waals surface area contributed by atoms with Gasteiger partial charge in [-0.05, 0) is 60.0 Å². The lowest BCUT2D eigenvalue weighted by atomic mass is 9.99. The Morgan fingerprint density at radius 2 is 1.96 bits per heavy atom. The topological polar surface area (TPSA) is 42.4 Å². The number of hydrogen-bond donors (Lipinski definition) is 0. The van der Waals surface area contributed by atoms with Crippen molar-refractivity contribution in [2.75, 3.05) is 13.7 Å². The van der Waals surface area contributed by atoms with Crippen LogP contribution in [-0.4, -0.2) is 35.5 Å². The first-order chi connectivity index (χ1) is 13.6. The van der Waals surface area contributed by atoms with Crippen molar-refractivity contribution in [1.82, 2.24) is 9.88 Å². The van der Waals surface area contributed by atoms with Gasteiger partial charge in [0, 0.05) is 43.4 Å². The van der Waals surface area contributed by atoms with Gasteiger partial charge >= 0.3 is 0 Å². The SMILES string of the molecule is CC(Cc1ccccn1)N(C)C(=O)c1cccc(-c2ccc3c(c2)CCO3)c1. The van der Waals surface area contributed by atoms with Crippen LogP contribution in [0.25, 0.3) is 11.1 Å². The summed E-state index contributed by atoms with van der Waals surface area (Å²) < 4.78 is 5.59. The highest BCUT2D eigenvalue weighted by atomic mass is 16.5. The molecule has 2 heterocycles. The number of fused-ring (bicyclic) bond motifs is 1. The Kier molecular flexibility index (Phi) is 5.11. The zero-order valence-corrected chi connectivity index (χ0v) is 16.3. The highest BCUT2D eigenvalue weighted by Gasteiger charge is 2.19. The third-order valence-electron chi connectivity index (χ3n) is 5.34. The first-order valence-electron chi connectivity index (χ1n) is 9.65. The van der Waals surface area contributed by atoms with E-state index in [1.165, 1.54) is 5.56 Å². The zero-order chi connectivity index (χ0) is 19.5. The molecule has 0 radical (unpaired) electrons. The van der Waals surface area contributed by atoms with Crippen molar-refractivity contribution in [2.45, 2.75) is 25.8 Å². The molecule has 4 nitrogen and oxygen atoms in total. The molecule has 0 aliphatic carbocycles. The fourth-order valence-electron chi connectivity index (χ4n) is 3.56. The van der Waals surface area contributed by atoms with E-state index in [-0.39, 0.29) is 11.9 Å². The second-order valence-electron chi connectivity index (χ2n) is 7.29. The van der Waals surface area contributed by atoms with Crippen molar-refractivity contribution in [1.29, 1.82) is 0 Å². The van der Waals surface area contributed by atoms with Crippen LogP contribution in [0.1, 0.15) is 28.5 Å². The van der Waals surface area contributed by atoms with E-state index in [0.717, 1.165) is 42.0 Å². The minimum absolute atomic E-state index is 0.0229. The monoisotopic (exact) mass is 372 g/mol. The van der Waals surface area contributed by atoms with Crippen molar-refractivity contribution in [3.63, 3.8) is 0 Å². The van der Waals surface area contributed by atoms with Crippen LogP contribution >= 0.6 is 0 Å². The summed E-state index contributed by atoms with van der Waals surface area (Å²) in [7, 11) is 1.86. The first-order valence-corrected chi connectivity index (χ1v) is 9.65. The lowest BCUT2D eigenvalue weighted by Crippen LogP contribution is -2.36. The van der Waals surface area contributed by atoms with Gasteiger partial charge < -0.3 is 9.64 Å². The average molecular weight is 372 g/mol. The second kappa shape index (κ2) is 7.85. The number of benzene rings is 2. The third-order valence-corrected chi connectivity index (χ3v) is 5.34. The molecule has 1 unspecified atom stereocenters. The van der Waals surface area contributed by atoms with E-state index in [9.17, 15) is 4.79 Å². The van der Waals surface area contributed by atoms with Gasteiger partial charge in [-0.25, -0.2) is 0 Å². The number of likely N-dealkylation sites (N-methyl/N-ethyl adjacent to an activating group) is 1. The third kappa shape index (κ3) is 3.77. The van der Waals surface area contributed by atoms with Crippen LogP contribution in [0.4, 0.5) is 0 Å². The molecule has 1 amide bonds. The summed E-state index contributed by atoms with van der Waals surface area (Å²) >= 11 is 0. The lowest BCUT2D eigenvalue weighted by Gasteiger charge is -2.25. The average Bonchev–Trinajstić information content (AvgIpc) is 3.21. The summed E-state index contributed by atoms with van der Waals surface area (Å²) in [5.41, 5.74) is 5.08. The van der Waals surface area contributed by atoms with Crippen molar-refractivity contribution in [3.05, 3.63) is 83.7 Å². The molecule has 28 heavy (non-hydrogen) atoms. The van der Waals surface area contributed by atoms with Crippen molar-refractivity contribution in [3.8, 4) is 16.9 Å². The Balaban J connectivity index is 1.52.